The van der Waals surface area contributed by atoms with E-state index in [0.717, 1.165) is 25.2 Å². The second-order valence-corrected chi connectivity index (χ2v) is 8.16. The second kappa shape index (κ2) is 9.22. The summed E-state index contributed by atoms with van der Waals surface area (Å²) >= 11 is 0. The molecule has 0 aliphatic carbocycles. The Kier molecular flexibility index (Phi) is 6.31. The van der Waals surface area contributed by atoms with Crippen LogP contribution in [0.3, 0.4) is 0 Å². The lowest BCUT2D eigenvalue weighted by Gasteiger charge is -2.30. The van der Waals surface area contributed by atoms with E-state index in [-0.39, 0.29) is 11.6 Å². The summed E-state index contributed by atoms with van der Waals surface area (Å²) in [6.45, 7) is 2.82. The van der Waals surface area contributed by atoms with Gasteiger partial charge in [-0.3, -0.25) is 9.48 Å². The van der Waals surface area contributed by atoms with E-state index < -0.39 is 12.1 Å². The normalized spacial score (nSPS) is 19.1. The van der Waals surface area contributed by atoms with Gasteiger partial charge in [-0.05, 0) is 24.5 Å². The van der Waals surface area contributed by atoms with E-state index in [9.17, 15) is 18.0 Å². The van der Waals surface area contributed by atoms with Gasteiger partial charge in [0, 0.05) is 38.9 Å². The molecule has 2 fully saturated rings. The number of nitriles is 1. The Morgan fingerprint density at radius 2 is 2.03 bits per heavy atom. The van der Waals surface area contributed by atoms with Crippen LogP contribution >= 0.6 is 0 Å². The van der Waals surface area contributed by atoms with Gasteiger partial charge in [0.25, 0.3) is 5.91 Å². The molecule has 5 heterocycles. The molecule has 184 valence electrons. The minimum atomic E-state index is -5.08. The van der Waals surface area contributed by atoms with Crippen LogP contribution in [0, 0.1) is 17.2 Å². The highest BCUT2D eigenvalue weighted by molar-refractivity contribution is 6.04. The van der Waals surface area contributed by atoms with E-state index >= 15 is 0 Å². The van der Waals surface area contributed by atoms with E-state index in [4.69, 9.17) is 15.2 Å². The molecule has 3 N–H and O–H groups in total. The molecule has 0 spiro atoms. The number of carbonyl (C=O) groups excluding carboxylic acids is 1. The Balaban J connectivity index is 0.000000364. The number of aromatic nitrogens is 5. The average molecular weight is 491 g/mol. The number of amides is 1. The first-order valence-corrected chi connectivity index (χ1v) is 10.4. The summed E-state index contributed by atoms with van der Waals surface area (Å²) in [7, 11) is 1.70. The van der Waals surface area contributed by atoms with Gasteiger partial charge in [0.1, 0.15) is 11.8 Å². The van der Waals surface area contributed by atoms with Gasteiger partial charge in [0.15, 0.2) is 5.69 Å². The Bertz CT molecular complexity index is 1300. The molecule has 2 aliphatic heterocycles. The minimum absolute atomic E-state index is 0.170. The van der Waals surface area contributed by atoms with Crippen molar-refractivity contribution < 1.29 is 27.9 Å². The van der Waals surface area contributed by atoms with Crippen LogP contribution in [0.2, 0.25) is 0 Å². The number of aryl methyl sites for hydroxylation is 1. The van der Waals surface area contributed by atoms with Crippen molar-refractivity contribution in [3.8, 4) is 6.07 Å². The van der Waals surface area contributed by atoms with Gasteiger partial charge < -0.3 is 20.6 Å². The molecular formula is C20H20F3N9O3. The minimum Gasteiger partial charge on any atom is -0.475 e. The van der Waals surface area contributed by atoms with Crippen LogP contribution in [0.4, 0.5) is 24.8 Å². The number of hydrogen-bond donors (Lipinski definition) is 3. The highest BCUT2D eigenvalue weighted by atomic mass is 19.4. The lowest BCUT2D eigenvalue weighted by atomic mass is 10.0. The van der Waals surface area contributed by atoms with Crippen LogP contribution in [0.25, 0.3) is 5.52 Å². The summed E-state index contributed by atoms with van der Waals surface area (Å²) < 4.78 is 34.8. The van der Waals surface area contributed by atoms with E-state index in [1.165, 1.54) is 11.1 Å². The number of aliphatic carboxylic acids is 1. The predicted molar refractivity (Wildman–Crippen MR) is 115 cm³/mol. The van der Waals surface area contributed by atoms with Crippen LogP contribution in [0.5, 0.6) is 0 Å². The largest absolute Gasteiger partial charge is 0.490 e. The number of piperidine rings is 1. The molecule has 15 heteroatoms. The zero-order valence-electron chi connectivity index (χ0n) is 18.3. The van der Waals surface area contributed by atoms with Gasteiger partial charge in [-0.2, -0.15) is 23.5 Å². The van der Waals surface area contributed by atoms with Gasteiger partial charge in [-0.25, -0.2) is 14.3 Å². The summed E-state index contributed by atoms with van der Waals surface area (Å²) in [5.41, 5.74) is 1.66. The monoisotopic (exact) mass is 491 g/mol. The highest BCUT2D eigenvalue weighted by Gasteiger charge is 2.38. The number of carboxylic acid groups (broad SMARTS) is 1. The lowest BCUT2D eigenvalue weighted by Crippen LogP contribution is -2.42. The van der Waals surface area contributed by atoms with Gasteiger partial charge in [-0.1, -0.05) is 0 Å². The second-order valence-electron chi connectivity index (χ2n) is 8.16. The van der Waals surface area contributed by atoms with Gasteiger partial charge in [0.05, 0.1) is 17.4 Å². The summed E-state index contributed by atoms with van der Waals surface area (Å²) in [5.74, 6) is -1.88. The van der Waals surface area contributed by atoms with E-state index in [0.29, 0.717) is 29.3 Å². The number of carboxylic acids is 1. The predicted octanol–water partition coefficient (Wildman–Crippen LogP) is 1.02. The number of nitrogens with one attached hydrogen (secondary N) is 2. The maximum Gasteiger partial charge on any atom is 0.490 e. The molecule has 2 saturated heterocycles. The third kappa shape index (κ3) is 5.17. The standard InChI is InChI=1S/C18H19N9O.C2HF3O2/c1-25-10-15(14(5-19)23-25)22-17(28)16-3-2-13-7-21-18(24-27(13)16)26-8-11-4-12(9-26)20-6-11;3-2(4,5)1(6)7/h2-3,7,10-12,20H,4,6,8-9H2,1H3,(H,22,28);(H,6,7). The van der Waals surface area contributed by atoms with Crippen molar-refractivity contribution in [3.05, 3.63) is 35.9 Å². The van der Waals surface area contributed by atoms with Gasteiger partial charge >= 0.3 is 12.1 Å². The first-order valence-electron chi connectivity index (χ1n) is 10.4. The van der Waals surface area contributed by atoms with Crippen LogP contribution in [0.15, 0.2) is 24.5 Å². The van der Waals surface area contributed by atoms with Crippen LogP contribution in [-0.2, 0) is 11.8 Å². The number of halogens is 3. The van der Waals surface area contributed by atoms with E-state index in [2.05, 4.69) is 30.7 Å². The average Bonchev–Trinajstić information content (AvgIpc) is 3.48. The Morgan fingerprint density at radius 3 is 2.69 bits per heavy atom. The number of anilines is 2. The van der Waals surface area contributed by atoms with Crippen molar-refractivity contribution >= 4 is 29.0 Å². The molecule has 2 atom stereocenters. The molecule has 35 heavy (non-hydrogen) atoms. The summed E-state index contributed by atoms with van der Waals surface area (Å²) in [4.78, 5) is 28.4. The molecule has 3 aromatic rings. The molecule has 0 aromatic carbocycles. The molecular weight excluding hydrogens is 471 g/mol. The lowest BCUT2D eigenvalue weighted by molar-refractivity contribution is -0.192. The maximum absolute atomic E-state index is 12.8. The van der Waals surface area contributed by atoms with Crippen LogP contribution in [-0.4, -0.2) is 73.2 Å². The fourth-order valence-corrected chi connectivity index (χ4v) is 4.05. The molecule has 0 radical (unpaired) electrons. The smallest absolute Gasteiger partial charge is 0.475 e. The van der Waals surface area contributed by atoms with Gasteiger partial charge in [0.2, 0.25) is 5.95 Å². The molecule has 2 aliphatic rings. The number of nitrogens with zero attached hydrogens (tertiary/aromatic N) is 7. The maximum atomic E-state index is 12.8. The SMILES string of the molecule is Cn1cc(NC(=O)c2ccc3cnc(N4CC5CNC(C5)C4)nn23)c(C#N)n1.O=C(O)C(F)(F)F. The number of fused-ring (bicyclic) bond motifs is 3. The Labute approximate surface area is 195 Å². The number of rotatable bonds is 3. The molecule has 3 aromatic heterocycles. The Morgan fingerprint density at radius 1 is 1.29 bits per heavy atom. The van der Waals surface area contributed by atoms with E-state index in [1.807, 2.05) is 6.07 Å². The van der Waals surface area contributed by atoms with Gasteiger partial charge in [-0.15, -0.1) is 5.10 Å². The fraction of sp³-hybridized carbons (Fsp3) is 0.400. The first kappa shape index (κ1) is 24.0. The zero-order valence-corrected chi connectivity index (χ0v) is 18.3. The first-order chi connectivity index (χ1) is 16.5. The van der Waals surface area contributed by atoms with Crippen molar-refractivity contribution in [2.75, 3.05) is 29.9 Å². The summed E-state index contributed by atoms with van der Waals surface area (Å²) in [5, 5.41) is 31.2. The number of alkyl halides is 3. The molecule has 2 bridgehead atoms. The van der Waals surface area contributed by atoms with Crippen molar-refractivity contribution in [2.45, 2.75) is 18.6 Å². The molecule has 5 rings (SSSR count). The molecule has 12 nitrogen and oxygen atoms in total. The number of hydrogen-bond acceptors (Lipinski definition) is 8. The van der Waals surface area contributed by atoms with Crippen molar-refractivity contribution in [1.82, 2.24) is 29.7 Å². The quantitative estimate of drug-likeness (QED) is 0.487. The van der Waals surface area contributed by atoms with E-state index in [1.54, 1.807) is 36.1 Å². The highest BCUT2D eigenvalue weighted by Crippen LogP contribution is 2.25. The summed E-state index contributed by atoms with van der Waals surface area (Å²) in [6.07, 6.45) is -0.556. The third-order valence-corrected chi connectivity index (χ3v) is 5.56. The van der Waals surface area contributed by atoms with Crippen molar-refractivity contribution in [2.24, 2.45) is 13.0 Å². The fourth-order valence-electron chi connectivity index (χ4n) is 4.05. The third-order valence-electron chi connectivity index (χ3n) is 5.56. The molecule has 2 unspecified atom stereocenters. The Hall–Kier alpha value is -4.19. The van der Waals surface area contributed by atoms with Crippen molar-refractivity contribution in [3.63, 3.8) is 0 Å². The van der Waals surface area contributed by atoms with Crippen LogP contribution < -0.4 is 15.5 Å². The molecule has 0 saturated carbocycles. The molecule has 1 amide bonds. The topological polar surface area (TPSA) is 153 Å². The summed E-state index contributed by atoms with van der Waals surface area (Å²) in [6, 6.07) is 5.95. The van der Waals surface area contributed by atoms with Crippen molar-refractivity contribution in [1.29, 1.82) is 5.26 Å². The van der Waals surface area contributed by atoms with Crippen LogP contribution in [0.1, 0.15) is 22.6 Å². The number of carbonyl (C=O) groups is 2. The zero-order chi connectivity index (χ0) is 25.3.